The zero-order valence-corrected chi connectivity index (χ0v) is 9.09. The highest BCUT2D eigenvalue weighted by Gasteiger charge is 2.22. The van der Waals surface area contributed by atoms with Crippen LogP contribution in [0.2, 0.25) is 0 Å². The topological polar surface area (TPSA) is 55.1 Å². The minimum absolute atomic E-state index is 0.190. The lowest BCUT2D eigenvalue weighted by Gasteiger charge is -2.11. The Hall–Kier alpha value is -0.570. The van der Waals surface area contributed by atoms with Crippen LogP contribution in [0.3, 0.4) is 0 Å². The molecule has 0 radical (unpaired) electrons. The van der Waals surface area contributed by atoms with Crippen molar-refractivity contribution >= 4 is 5.91 Å². The number of carbonyl (C=O) groups is 1. The number of nitrogens with one attached hydrogen (secondary N) is 1. The van der Waals surface area contributed by atoms with E-state index < -0.39 is 0 Å². The van der Waals surface area contributed by atoms with E-state index in [0.717, 1.165) is 18.9 Å². The van der Waals surface area contributed by atoms with Crippen LogP contribution in [-0.2, 0) is 4.79 Å². The zero-order valence-electron chi connectivity index (χ0n) is 9.09. The molecule has 2 unspecified atom stereocenters. The van der Waals surface area contributed by atoms with Gasteiger partial charge in [-0.05, 0) is 38.1 Å². The predicted molar refractivity (Wildman–Crippen MR) is 57.9 cm³/mol. The standard InChI is InChI=1S/C11H22N2O/c1-2-9-5-6-10(8-9)13-7-3-4-11(12)14/h9-10,13H,2-8H2,1H3,(H2,12,14). The second-order valence-corrected chi connectivity index (χ2v) is 4.31. The van der Waals surface area contributed by atoms with E-state index in [9.17, 15) is 4.79 Å². The van der Waals surface area contributed by atoms with Crippen LogP contribution in [0.4, 0.5) is 0 Å². The third kappa shape index (κ3) is 4.09. The monoisotopic (exact) mass is 198 g/mol. The summed E-state index contributed by atoms with van der Waals surface area (Å²) in [6, 6.07) is 0.688. The van der Waals surface area contributed by atoms with Crippen LogP contribution in [-0.4, -0.2) is 18.5 Å². The zero-order chi connectivity index (χ0) is 10.4. The molecule has 0 aromatic rings. The maximum atomic E-state index is 10.5. The van der Waals surface area contributed by atoms with E-state index in [0.29, 0.717) is 12.5 Å². The molecule has 0 aliphatic heterocycles. The third-order valence-electron chi connectivity index (χ3n) is 3.15. The summed E-state index contributed by atoms with van der Waals surface area (Å²) in [5.41, 5.74) is 5.06. The largest absolute Gasteiger partial charge is 0.370 e. The maximum absolute atomic E-state index is 10.5. The number of primary amides is 1. The van der Waals surface area contributed by atoms with Crippen LogP contribution in [0.25, 0.3) is 0 Å². The lowest BCUT2D eigenvalue weighted by atomic mass is 10.1. The second-order valence-electron chi connectivity index (χ2n) is 4.31. The molecule has 3 N–H and O–H groups in total. The van der Waals surface area contributed by atoms with Crippen LogP contribution in [0.15, 0.2) is 0 Å². The van der Waals surface area contributed by atoms with E-state index in [4.69, 9.17) is 5.73 Å². The molecule has 0 bridgehead atoms. The molecular weight excluding hydrogens is 176 g/mol. The van der Waals surface area contributed by atoms with Crippen LogP contribution >= 0.6 is 0 Å². The van der Waals surface area contributed by atoms with E-state index in [1.54, 1.807) is 0 Å². The molecule has 0 saturated heterocycles. The lowest BCUT2D eigenvalue weighted by molar-refractivity contribution is -0.118. The SMILES string of the molecule is CCC1CCC(NCCCC(N)=O)C1. The fourth-order valence-electron chi connectivity index (χ4n) is 2.20. The Morgan fingerprint density at radius 2 is 2.29 bits per heavy atom. The summed E-state index contributed by atoms with van der Waals surface area (Å²) < 4.78 is 0. The molecule has 3 nitrogen and oxygen atoms in total. The minimum atomic E-state index is -0.190. The average Bonchev–Trinajstić information content (AvgIpc) is 2.60. The highest BCUT2D eigenvalue weighted by atomic mass is 16.1. The summed E-state index contributed by atoms with van der Waals surface area (Å²) in [6.07, 6.45) is 6.67. The average molecular weight is 198 g/mol. The molecule has 82 valence electrons. The molecule has 0 aromatic heterocycles. The van der Waals surface area contributed by atoms with Gasteiger partial charge in [0, 0.05) is 12.5 Å². The van der Waals surface area contributed by atoms with Gasteiger partial charge >= 0.3 is 0 Å². The van der Waals surface area contributed by atoms with Crippen LogP contribution in [0, 0.1) is 5.92 Å². The van der Waals surface area contributed by atoms with Gasteiger partial charge in [0.05, 0.1) is 0 Å². The molecule has 1 amide bonds. The first-order valence-electron chi connectivity index (χ1n) is 5.74. The Labute approximate surface area is 86.4 Å². The van der Waals surface area contributed by atoms with Crippen molar-refractivity contribution in [1.29, 1.82) is 0 Å². The fraction of sp³-hybridized carbons (Fsp3) is 0.909. The summed E-state index contributed by atoms with van der Waals surface area (Å²) in [5.74, 6) is 0.730. The smallest absolute Gasteiger partial charge is 0.217 e. The van der Waals surface area contributed by atoms with Crippen molar-refractivity contribution in [2.24, 2.45) is 11.7 Å². The van der Waals surface area contributed by atoms with Crippen LogP contribution in [0.1, 0.15) is 45.4 Å². The second kappa shape index (κ2) is 6.02. The van der Waals surface area contributed by atoms with Gasteiger partial charge < -0.3 is 11.1 Å². The molecule has 1 rings (SSSR count). The Bertz CT molecular complexity index is 182. The molecule has 0 aromatic carbocycles. The van der Waals surface area contributed by atoms with Crippen molar-refractivity contribution in [2.45, 2.75) is 51.5 Å². The summed E-state index contributed by atoms with van der Waals surface area (Å²) in [5, 5.41) is 3.49. The highest BCUT2D eigenvalue weighted by Crippen LogP contribution is 2.27. The Kier molecular flexibility index (Phi) is 4.94. The van der Waals surface area contributed by atoms with Crippen LogP contribution < -0.4 is 11.1 Å². The molecule has 0 spiro atoms. The van der Waals surface area contributed by atoms with E-state index >= 15 is 0 Å². The number of carbonyl (C=O) groups excluding carboxylic acids is 1. The van der Waals surface area contributed by atoms with Gasteiger partial charge in [0.15, 0.2) is 0 Å². The molecule has 1 aliphatic carbocycles. The minimum Gasteiger partial charge on any atom is -0.370 e. The number of nitrogens with two attached hydrogens (primary N) is 1. The molecule has 2 atom stereocenters. The molecule has 1 aliphatic rings. The van der Waals surface area contributed by atoms with Crippen LogP contribution in [0.5, 0.6) is 0 Å². The van der Waals surface area contributed by atoms with Gasteiger partial charge in [-0.3, -0.25) is 4.79 Å². The third-order valence-corrected chi connectivity index (χ3v) is 3.15. The molecule has 0 heterocycles. The van der Waals surface area contributed by atoms with Gasteiger partial charge in [-0.15, -0.1) is 0 Å². The van der Waals surface area contributed by atoms with Gasteiger partial charge in [0.25, 0.3) is 0 Å². The first-order chi connectivity index (χ1) is 6.72. The Balaban J connectivity index is 2.00. The molecule has 1 saturated carbocycles. The number of amides is 1. The summed E-state index contributed by atoms with van der Waals surface area (Å²) in [6.45, 7) is 3.20. The quantitative estimate of drug-likeness (QED) is 0.634. The summed E-state index contributed by atoms with van der Waals surface area (Å²) in [7, 11) is 0. The lowest BCUT2D eigenvalue weighted by Crippen LogP contribution is -2.28. The van der Waals surface area contributed by atoms with Gasteiger partial charge in [-0.1, -0.05) is 13.3 Å². The molecule has 3 heteroatoms. The van der Waals surface area contributed by atoms with E-state index in [1.165, 1.54) is 25.7 Å². The maximum Gasteiger partial charge on any atom is 0.217 e. The summed E-state index contributed by atoms with van der Waals surface area (Å²) >= 11 is 0. The van der Waals surface area contributed by atoms with E-state index in [1.807, 2.05) is 0 Å². The number of rotatable bonds is 6. The van der Waals surface area contributed by atoms with Crippen molar-refractivity contribution in [1.82, 2.24) is 5.32 Å². The van der Waals surface area contributed by atoms with Gasteiger partial charge in [-0.25, -0.2) is 0 Å². The normalized spacial score (nSPS) is 26.6. The van der Waals surface area contributed by atoms with Crippen molar-refractivity contribution in [3.05, 3.63) is 0 Å². The van der Waals surface area contributed by atoms with Gasteiger partial charge in [0.1, 0.15) is 0 Å². The van der Waals surface area contributed by atoms with Gasteiger partial charge in [-0.2, -0.15) is 0 Å². The molecular formula is C11H22N2O. The molecule has 1 fully saturated rings. The van der Waals surface area contributed by atoms with E-state index in [-0.39, 0.29) is 5.91 Å². The van der Waals surface area contributed by atoms with Crippen molar-refractivity contribution in [2.75, 3.05) is 6.54 Å². The van der Waals surface area contributed by atoms with Crippen molar-refractivity contribution in [3.63, 3.8) is 0 Å². The highest BCUT2D eigenvalue weighted by molar-refractivity contribution is 5.73. The Morgan fingerprint density at radius 1 is 1.50 bits per heavy atom. The number of hydrogen-bond donors (Lipinski definition) is 2. The van der Waals surface area contributed by atoms with Crippen molar-refractivity contribution in [3.8, 4) is 0 Å². The van der Waals surface area contributed by atoms with Crippen molar-refractivity contribution < 1.29 is 4.79 Å². The number of hydrogen-bond acceptors (Lipinski definition) is 2. The first-order valence-corrected chi connectivity index (χ1v) is 5.74. The van der Waals surface area contributed by atoms with Gasteiger partial charge in [0.2, 0.25) is 5.91 Å². The Morgan fingerprint density at radius 3 is 2.86 bits per heavy atom. The summed E-state index contributed by atoms with van der Waals surface area (Å²) in [4.78, 5) is 10.5. The first kappa shape index (κ1) is 11.5. The van der Waals surface area contributed by atoms with E-state index in [2.05, 4.69) is 12.2 Å². The molecule has 14 heavy (non-hydrogen) atoms. The predicted octanol–water partition coefficient (Wildman–Crippen LogP) is 1.42. The fourth-order valence-corrected chi connectivity index (χ4v) is 2.20.